The van der Waals surface area contributed by atoms with Crippen LogP contribution in [0, 0.1) is 0 Å². The molecule has 2 rings (SSSR count). The maximum Gasteiger partial charge on any atom is 0.261 e. The lowest BCUT2D eigenvalue weighted by Crippen LogP contribution is -2.33. The number of halogens is 1. The molecule has 0 N–H and O–H groups in total. The Kier molecular flexibility index (Phi) is 24.7. The highest BCUT2D eigenvalue weighted by Gasteiger charge is 2.34. The molecule has 44 heavy (non-hydrogen) atoms. The van der Waals surface area contributed by atoms with Crippen molar-refractivity contribution in [2.45, 2.75) is 0 Å². The monoisotopic (exact) mass is 741 g/mol. The summed E-state index contributed by atoms with van der Waals surface area (Å²) < 4.78 is 55.4. The smallest absolute Gasteiger partial charge is 0.261 e. The third-order valence-electron chi connectivity index (χ3n) is 5.91. The van der Waals surface area contributed by atoms with Crippen molar-refractivity contribution in [2.24, 2.45) is 0 Å². The van der Waals surface area contributed by atoms with Crippen LogP contribution >= 0.6 is 22.6 Å². The van der Waals surface area contributed by atoms with E-state index in [-0.39, 0.29) is 25.0 Å². The molecule has 0 bridgehead atoms. The SMILES string of the molecule is O=C1c2ccccc2C(=O)N1CCOCCOCCOCCOCCOCCOCCOCCOCCOCCOCCI. The van der Waals surface area contributed by atoms with Gasteiger partial charge in [0.2, 0.25) is 0 Å². The zero-order valence-corrected chi connectivity index (χ0v) is 27.7. The molecule has 0 radical (unpaired) electrons. The van der Waals surface area contributed by atoms with Crippen molar-refractivity contribution in [1.29, 1.82) is 0 Å². The summed E-state index contributed by atoms with van der Waals surface area (Å²) in [6, 6.07) is 6.82. The van der Waals surface area contributed by atoms with E-state index in [0.717, 1.165) is 11.0 Å². The predicted molar refractivity (Wildman–Crippen MR) is 169 cm³/mol. The summed E-state index contributed by atoms with van der Waals surface area (Å²) in [6.07, 6.45) is 0. The van der Waals surface area contributed by atoms with Gasteiger partial charge in [0.25, 0.3) is 11.8 Å². The van der Waals surface area contributed by atoms with Gasteiger partial charge < -0.3 is 47.4 Å². The largest absolute Gasteiger partial charge is 0.378 e. The van der Waals surface area contributed by atoms with Crippen molar-refractivity contribution >= 4 is 34.4 Å². The molecule has 0 atom stereocenters. The first-order chi connectivity index (χ1) is 21.8. The van der Waals surface area contributed by atoms with E-state index in [0.29, 0.717) is 130 Å². The van der Waals surface area contributed by atoms with Crippen LogP contribution in [0.2, 0.25) is 0 Å². The minimum Gasteiger partial charge on any atom is -0.378 e. The van der Waals surface area contributed by atoms with Gasteiger partial charge in [-0.25, -0.2) is 0 Å². The Balaban J connectivity index is 1.19. The average molecular weight is 742 g/mol. The maximum absolute atomic E-state index is 12.3. The van der Waals surface area contributed by atoms with Crippen LogP contribution in [0.4, 0.5) is 0 Å². The van der Waals surface area contributed by atoms with Crippen LogP contribution in [0.3, 0.4) is 0 Å². The Morgan fingerprint density at radius 2 is 0.659 bits per heavy atom. The van der Waals surface area contributed by atoms with E-state index in [1.165, 1.54) is 4.90 Å². The molecule has 0 aromatic heterocycles. The molecular formula is C30H48INO12. The molecule has 2 amide bonds. The topological polar surface area (TPSA) is 130 Å². The maximum atomic E-state index is 12.3. The van der Waals surface area contributed by atoms with Crippen LogP contribution in [0.5, 0.6) is 0 Å². The van der Waals surface area contributed by atoms with Gasteiger partial charge in [0.05, 0.1) is 150 Å². The summed E-state index contributed by atoms with van der Waals surface area (Å²) >= 11 is 2.27. The molecule has 1 aromatic carbocycles. The van der Waals surface area contributed by atoms with Gasteiger partial charge in [0.15, 0.2) is 0 Å². The fourth-order valence-electron chi connectivity index (χ4n) is 3.73. The first-order valence-corrected chi connectivity index (χ1v) is 16.6. The van der Waals surface area contributed by atoms with E-state index in [1.54, 1.807) is 24.3 Å². The van der Waals surface area contributed by atoms with E-state index in [1.807, 2.05) is 0 Å². The third-order valence-corrected chi connectivity index (χ3v) is 6.35. The highest BCUT2D eigenvalue weighted by atomic mass is 127. The first kappa shape index (κ1) is 38.9. The quantitative estimate of drug-likeness (QED) is 0.0463. The van der Waals surface area contributed by atoms with E-state index >= 15 is 0 Å². The van der Waals surface area contributed by atoms with Crippen LogP contribution in [0.1, 0.15) is 20.7 Å². The van der Waals surface area contributed by atoms with Gasteiger partial charge in [-0.3, -0.25) is 14.5 Å². The lowest BCUT2D eigenvalue weighted by molar-refractivity contribution is -0.0263. The number of benzene rings is 1. The Morgan fingerprint density at radius 1 is 0.409 bits per heavy atom. The second-order valence-electron chi connectivity index (χ2n) is 9.12. The van der Waals surface area contributed by atoms with Crippen LogP contribution < -0.4 is 0 Å². The van der Waals surface area contributed by atoms with Crippen molar-refractivity contribution in [2.75, 3.05) is 143 Å². The predicted octanol–water partition coefficient (Wildman–Crippen LogP) is 1.88. The molecule has 0 unspecified atom stereocenters. The number of amides is 2. The Labute approximate surface area is 274 Å². The van der Waals surface area contributed by atoms with Crippen molar-refractivity contribution in [3.8, 4) is 0 Å². The molecule has 1 aliphatic heterocycles. The lowest BCUT2D eigenvalue weighted by atomic mass is 10.1. The van der Waals surface area contributed by atoms with E-state index in [9.17, 15) is 9.59 Å². The van der Waals surface area contributed by atoms with E-state index < -0.39 is 0 Å². The zero-order valence-electron chi connectivity index (χ0n) is 25.6. The summed E-state index contributed by atoms with van der Waals surface area (Å²) in [4.78, 5) is 25.8. The number of nitrogens with zero attached hydrogens (tertiary/aromatic N) is 1. The number of hydrogen-bond donors (Lipinski definition) is 0. The molecule has 0 fully saturated rings. The summed E-state index contributed by atoms with van der Waals surface area (Å²) in [5.41, 5.74) is 0.887. The number of fused-ring (bicyclic) bond motifs is 1. The molecule has 13 nitrogen and oxygen atoms in total. The zero-order chi connectivity index (χ0) is 31.3. The molecule has 1 heterocycles. The van der Waals surface area contributed by atoms with E-state index in [2.05, 4.69) is 22.6 Å². The van der Waals surface area contributed by atoms with Crippen molar-refractivity contribution in [3.63, 3.8) is 0 Å². The van der Waals surface area contributed by atoms with E-state index in [4.69, 9.17) is 47.4 Å². The molecule has 1 aliphatic rings. The molecule has 1 aromatic rings. The fraction of sp³-hybridized carbons (Fsp3) is 0.733. The van der Waals surface area contributed by atoms with Crippen molar-refractivity contribution in [3.05, 3.63) is 35.4 Å². The number of rotatable bonds is 32. The molecule has 14 heteroatoms. The van der Waals surface area contributed by atoms with Crippen LogP contribution in [0.25, 0.3) is 0 Å². The number of alkyl halides is 1. The Morgan fingerprint density at radius 3 is 0.932 bits per heavy atom. The van der Waals surface area contributed by atoms with Gasteiger partial charge in [0.1, 0.15) is 0 Å². The van der Waals surface area contributed by atoms with Crippen LogP contribution in [-0.4, -0.2) is 160 Å². The molecule has 0 aliphatic carbocycles. The Hall–Kier alpha value is -1.31. The molecule has 0 spiro atoms. The molecular weight excluding hydrogens is 693 g/mol. The van der Waals surface area contributed by atoms with Crippen LogP contribution in [-0.2, 0) is 47.4 Å². The van der Waals surface area contributed by atoms with Gasteiger partial charge in [-0.2, -0.15) is 0 Å². The number of carbonyl (C=O) groups excluding carboxylic acids is 2. The average Bonchev–Trinajstić information content (AvgIpc) is 3.28. The normalized spacial score (nSPS) is 12.9. The van der Waals surface area contributed by atoms with Crippen molar-refractivity contribution < 1.29 is 57.0 Å². The van der Waals surface area contributed by atoms with Gasteiger partial charge >= 0.3 is 0 Å². The summed E-state index contributed by atoms with van der Waals surface area (Å²) in [6.45, 7) is 10.2. The summed E-state index contributed by atoms with van der Waals surface area (Å²) in [7, 11) is 0. The third kappa shape index (κ3) is 18.6. The van der Waals surface area contributed by atoms with Gasteiger partial charge in [-0.15, -0.1) is 0 Å². The number of hydrogen-bond acceptors (Lipinski definition) is 12. The summed E-state index contributed by atoms with van der Waals surface area (Å²) in [5.74, 6) is -0.551. The Bertz CT molecular complexity index is 830. The number of imide groups is 1. The highest BCUT2D eigenvalue weighted by molar-refractivity contribution is 14.1. The molecule has 0 saturated heterocycles. The second-order valence-corrected chi connectivity index (χ2v) is 10.2. The van der Waals surface area contributed by atoms with Crippen LogP contribution in [0.15, 0.2) is 24.3 Å². The lowest BCUT2D eigenvalue weighted by Gasteiger charge is -2.13. The molecule has 252 valence electrons. The minimum atomic E-state index is -0.276. The highest BCUT2D eigenvalue weighted by Crippen LogP contribution is 2.21. The molecule has 0 saturated carbocycles. The van der Waals surface area contributed by atoms with Gasteiger partial charge in [0, 0.05) is 4.43 Å². The van der Waals surface area contributed by atoms with Gasteiger partial charge in [-0.1, -0.05) is 34.7 Å². The standard InChI is InChI=1S/C30H48INO12/c31-5-7-35-9-11-37-13-15-39-17-19-41-21-23-43-25-26-44-24-22-42-20-18-40-16-14-38-12-10-36-8-6-32-29(33)27-3-1-2-4-28(27)30(32)34/h1-4H,5-26H2. The minimum absolute atomic E-state index is 0.217. The number of ether oxygens (including phenoxy) is 10. The fourth-order valence-corrected chi connectivity index (χ4v) is 4.05. The summed E-state index contributed by atoms with van der Waals surface area (Å²) in [5, 5.41) is 0. The second kappa shape index (κ2) is 28.0. The number of carbonyl (C=O) groups is 2. The van der Waals surface area contributed by atoms with Gasteiger partial charge in [-0.05, 0) is 12.1 Å². The van der Waals surface area contributed by atoms with Crippen molar-refractivity contribution in [1.82, 2.24) is 4.90 Å². The first-order valence-electron chi connectivity index (χ1n) is 15.0.